The number of amides is 1. The first-order valence-corrected chi connectivity index (χ1v) is 5.68. The molecule has 15 heavy (non-hydrogen) atoms. The number of ketones is 1. The van der Waals surface area contributed by atoms with Gasteiger partial charge in [0.15, 0.2) is 5.78 Å². The van der Waals surface area contributed by atoms with Gasteiger partial charge in [0.25, 0.3) is 0 Å². The lowest BCUT2D eigenvalue weighted by molar-refractivity contribution is -0.125. The summed E-state index contributed by atoms with van der Waals surface area (Å²) < 4.78 is 0. The maximum atomic E-state index is 11.6. The van der Waals surface area contributed by atoms with E-state index in [0.717, 1.165) is 5.56 Å². The van der Waals surface area contributed by atoms with Crippen LogP contribution < -0.4 is 5.32 Å². The van der Waals surface area contributed by atoms with Crippen molar-refractivity contribution in [3.63, 3.8) is 0 Å². The van der Waals surface area contributed by atoms with Crippen molar-refractivity contribution in [1.82, 2.24) is 5.32 Å². The summed E-state index contributed by atoms with van der Waals surface area (Å²) in [6, 6.07) is 8.63. The Kier molecular flexibility index (Phi) is 4.49. The lowest BCUT2D eigenvalue weighted by atomic mass is 10.0. The molecule has 4 heteroatoms. The normalized spacial score (nSPS) is 11.9. The van der Waals surface area contributed by atoms with Crippen molar-refractivity contribution in [3.05, 3.63) is 35.9 Å². The average molecular weight is 270 g/mol. The maximum Gasteiger partial charge on any atom is 0.217 e. The molecule has 0 spiro atoms. The van der Waals surface area contributed by atoms with Crippen LogP contribution in [-0.2, 0) is 9.59 Å². The van der Waals surface area contributed by atoms with Crippen molar-refractivity contribution in [3.8, 4) is 0 Å². The quantitative estimate of drug-likeness (QED) is 0.848. The van der Waals surface area contributed by atoms with Crippen LogP contribution in [-0.4, -0.2) is 17.0 Å². The zero-order valence-corrected chi connectivity index (χ0v) is 9.95. The molecule has 0 radical (unpaired) electrons. The summed E-state index contributed by atoms with van der Waals surface area (Å²) in [6.45, 7) is 1.40. The van der Waals surface area contributed by atoms with Crippen molar-refractivity contribution in [2.24, 2.45) is 0 Å². The number of carbonyl (C=O) groups excluding carboxylic acids is 2. The Morgan fingerprint density at radius 1 is 1.33 bits per heavy atom. The molecule has 1 rings (SSSR count). The molecule has 0 aliphatic heterocycles. The Bertz CT molecular complexity index is 351. The van der Waals surface area contributed by atoms with Crippen LogP contribution in [0, 0.1) is 0 Å². The molecule has 0 aromatic heterocycles. The predicted octanol–water partition coefficient (Wildman–Crippen LogP) is 1.83. The molecular weight excluding hydrogens is 258 g/mol. The Morgan fingerprint density at radius 3 is 2.40 bits per heavy atom. The van der Waals surface area contributed by atoms with E-state index in [1.54, 1.807) is 0 Å². The minimum atomic E-state index is -0.553. The van der Waals surface area contributed by atoms with Crippen LogP contribution in [0.5, 0.6) is 0 Å². The van der Waals surface area contributed by atoms with Crippen LogP contribution in [0.2, 0.25) is 0 Å². The zero-order valence-electron chi connectivity index (χ0n) is 8.37. The Balaban J connectivity index is 2.91. The highest BCUT2D eigenvalue weighted by molar-refractivity contribution is 9.09. The molecule has 1 unspecified atom stereocenters. The summed E-state index contributed by atoms with van der Waals surface area (Å²) in [5.41, 5.74) is 0.803. The number of benzene rings is 1. The van der Waals surface area contributed by atoms with Gasteiger partial charge < -0.3 is 5.32 Å². The van der Waals surface area contributed by atoms with Gasteiger partial charge in [0, 0.05) is 6.92 Å². The summed E-state index contributed by atoms with van der Waals surface area (Å²) in [6.07, 6.45) is 0. The Hall–Kier alpha value is -1.16. The van der Waals surface area contributed by atoms with Crippen LogP contribution in [0.15, 0.2) is 30.3 Å². The number of halogens is 1. The van der Waals surface area contributed by atoms with Gasteiger partial charge in [-0.1, -0.05) is 46.3 Å². The molecule has 3 nitrogen and oxygen atoms in total. The molecule has 1 N–H and O–H groups in total. The van der Waals surface area contributed by atoms with E-state index in [1.807, 2.05) is 30.3 Å². The van der Waals surface area contributed by atoms with Crippen molar-refractivity contribution in [2.75, 3.05) is 5.33 Å². The SMILES string of the molecule is CC(=O)NC(C(=O)CBr)c1ccccc1. The van der Waals surface area contributed by atoms with Crippen molar-refractivity contribution >= 4 is 27.6 Å². The molecule has 80 valence electrons. The van der Waals surface area contributed by atoms with E-state index in [-0.39, 0.29) is 17.0 Å². The molecule has 1 aromatic carbocycles. The Morgan fingerprint density at radius 2 is 1.93 bits per heavy atom. The fourth-order valence-corrected chi connectivity index (χ4v) is 1.60. The predicted molar refractivity (Wildman–Crippen MR) is 61.8 cm³/mol. The Labute approximate surface area is 97.0 Å². The van der Waals surface area contributed by atoms with E-state index in [9.17, 15) is 9.59 Å². The van der Waals surface area contributed by atoms with Crippen molar-refractivity contribution in [1.29, 1.82) is 0 Å². The van der Waals surface area contributed by atoms with Crippen LogP contribution in [0.4, 0.5) is 0 Å². The first-order chi connectivity index (χ1) is 7.15. The number of hydrogen-bond acceptors (Lipinski definition) is 2. The third-order valence-corrected chi connectivity index (χ3v) is 2.49. The molecular formula is C11H12BrNO2. The van der Waals surface area contributed by atoms with E-state index >= 15 is 0 Å². The van der Waals surface area contributed by atoms with Gasteiger partial charge in [-0.2, -0.15) is 0 Å². The highest BCUT2D eigenvalue weighted by Crippen LogP contribution is 2.14. The highest BCUT2D eigenvalue weighted by atomic mass is 79.9. The van der Waals surface area contributed by atoms with E-state index in [2.05, 4.69) is 21.2 Å². The van der Waals surface area contributed by atoms with Gasteiger partial charge in [-0.25, -0.2) is 0 Å². The largest absolute Gasteiger partial charge is 0.342 e. The molecule has 1 amide bonds. The monoisotopic (exact) mass is 269 g/mol. The average Bonchev–Trinajstić information content (AvgIpc) is 2.26. The van der Waals surface area contributed by atoms with Gasteiger partial charge in [-0.15, -0.1) is 0 Å². The third-order valence-electron chi connectivity index (χ3n) is 1.93. The van der Waals surface area contributed by atoms with Crippen LogP contribution in [0.25, 0.3) is 0 Å². The summed E-state index contributed by atoms with van der Waals surface area (Å²) >= 11 is 3.10. The van der Waals surface area contributed by atoms with Gasteiger partial charge in [0.1, 0.15) is 6.04 Å². The second kappa shape index (κ2) is 5.66. The van der Waals surface area contributed by atoms with E-state index in [1.165, 1.54) is 6.92 Å². The lowest BCUT2D eigenvalue weighted by Crippen LogP contribution is -2.32. The molecule has 0 bridgehead atoms. The van der Waals surface area contributed by atoms with Gasteiger partial charge in [0.05, 0.1) is 5.33 Å². The van der Waals surface area contributed by atoms with E-state index < -0.39 is 6.04 Å². The molecule has 0 saturated carbocycles. The summed E-state index contributed by atoms with van der Waals surface area (Å²) in [4.78, 5) is 22.6. The summed E-state index contributed by atoms with van der Waals surface area (Å²) in [5, 5.41) is 2.86. The van der Waals surface area contributed by atoms with Gasteiger partial charge in [-0.3, -0.25) is 9.59 Å². The second-order valence-corrected chi connectivity index (χ2v) is 3.70. The third kappa shape index (κ3) is 3.47. The maximum absolute atomic E-state index is 11.6. The highest BCUT2D eigenvalue weighted by Gasteiger charge is 2.19. The molecule has 0 fully saturated rings. The number of nitrogens with one attached hydrogen (secondary N) is 1. The van der Waals surface area contributed by atoms with E-state index in [4.69, 9.17) is 0 Å². The molecule has 0 aliphatic carbocycles. The first-order valence-electron chi connectivity index (χ1n) is 4.56. The summed E-state index contributed by atoms with van der Waals surface area (Å²) in [7, 11) is 0. The zero-order chi connectivity index (χ0) is 11.3. The molecule has 0 saturated heterocycles. The smallest absolute Gasteiger partial charge is 0.217 e. The van der Waals surface area contributed by atoms with Crippen LogP contribution in [0.1, 0.15) is 18.5 Å². The molecule has 0 heterocycles. The van der Waals surface area contributed by atoms with Crippen LogP contribution in [0.3, 0.4) is 0 Å². The summed E-state index contributed by atoms with van der Waals surface area (Å²) in [5.74, 6) is -0.269. The number of carbonyl (C=O) groups is 2. The topological polar surface area (TPSA) is 46.2 Å². The second-order valence-electron chi connectivity index (χ2n) is 3.14. The fourth-order valence-electron chi connectivity index (χ4n) is 1.28. The molecule has 1 atom stereocenters. The lowest BCUT2D eigenvalue weighted by Gasteiger charge is -2.15. The minimum Gasteiger partial charge on any atom is -0.342 e. The van der Waals surface area contributed by atoms with Crippen molar-refractivity contribution in [2.45, 2.75) is 13.0 Å². The van der Waals surface area contributed by atoms with Gasteiger partial charge >= 0.3 is 0 Å². The fraction of sp³-hybridized carbons (Fsp3) is 0.273. The van der Waals surface area contributed by atoms with Crippen molar-refractivity contribution < 1.29 is 9.59 Å². The number of rotatable bonds is 4. The van der Waals surface area contributed by atoms with Gasteiger partial charge in [-0.05, 0) is 5.56 Å². The minimum absolute atomic E-state index is 0.0589. The number of alkyl halides is 1. The van der Waals surface area contributed by atoms with E-state index in [0.29, 0.717) is 0 Å². The number of hydrogen-bond donors (Lipinski definition) is 1. The first kappa shape index (κ1) is 11.9. The number of Topliss-reactive ketones (excluding diaryl/α,β-unsaturated/α-hetero) is 1. The molecule has 1 aromatic rings. The van der Waals surface area contributed by atoms with Gasteiger partial charge in [0.2, 0.25) is 5.91 Å². The molecule has 0 aliphatic rings. The standard InChI is InChI=1S/C11H12BrNO2/c1-8(14)13-11(10(15)7-12)9-5-3-2-4-6-9/h2-6,11H,7H2,1H3,(H,13,14). The van der Waals surface area contributed by atoms with Crippen LogP contribution >= 0.6 is 15.9 Å².